The summed E-state index contributed by atoms with van der Waals surface area (Å²) in [6.07, 6.45) is 0.364. The minimum Gasteiger partial charge on any atom is -0.497 e. The van der Waals surface area contributed by atoms with Gasteiger partial charge in [0, 0.05) is 39.3 Å². The fourth-order valence-corrected chi connectivity index (χ4v) is 7.24. The number of ether oxygens (including phenoxy) is 2. The number of hydrogen-bond donors (Lipinski definition) is 0. The minimum atomic E-state index is -3.92. The molecular weight excluding hydrogens is 444 g/mol. The largest absolute Gasteiger partial charge is 0.497 e. The third-order valence-electron chi connectivity index (χ3n) is 5.44. The molecule has 12 heteroatoms. The van der Waals surface area contributed by atoms with Crippen molar-refractivity contribution in [2.75, 3.05) is 40.4 Å². The van der Waals surface area contributed by atoms with E-state index in [2.05, 4.69) is 5.10 Å². The molecule has 2 heterocycles. The van der Waals surface area contributed by atoms with Gasteiger partial charge in [0.25, 0.3) is 0 Å². The van der Waals surface area contributed by atoms with Gasteiger partial charge in [0.2, 0.25) is 20.0 Å². The Morgan fingerprint density at radius 1 is 0.903 bits per heavy atom. The quantitative estimate of drug-likeness (QED) is 0.620. The Morgan fingerprint density at radius 2 is 1.52 bits per heavy atom. The van der Waals surface area contributed by atoms with Crippen LogP contribution in [0.15, 0.2) is 28.0 Å². The standard InChI is InChI=1S/C19H28N4O6S2/c1-14-19(15(2)21(3)20-14)31(26,27)23-10-6-9-22(11-12-23)30(24,25)18-13-16(28-4)7-8-17(18)29-5/h7-8,13H,6,9-12H2,1-5H3. The van der Waals surface area contributed by atoms with Gasteiger partial charge in [0.15, 0.2) is 0 Å². The predicted molar refractivity (Wildman–Crippen MR) is 114 cm³/mol. The first-order valence-electron chi connectivity index (χ1n) is 9.76. The minimum absolute atomic E-state index is 0.00962. The lowest BCUT2D eigenvalue weighted by atomic mass is 10.3. The van der Waals surface area contributed by atoms with Crippen LogP contribution in [0.25, 0.3) is 0 Å². The van der Waals surface area contributed by atoms with Crippen molar-refractivity contribution < 1.29 is 26.3 Å². The van der Waals surface area contributed by atoms with Crippen molar-refractivity contribution in [3.8, 4) is 11.5 Å². The van der Waals surface area contributed by atoms with Gasteiger partial charge >= 0.3 is 0 Å². The van der Waals surface area contributed by atoms with Crippen LogP contribution in [-0.2, 0) is 27.1 Å². The van der Waals surface area contributed by atoms with Crippen molar-refractivity contribution in [2.24, 2.45) is 7.05 Å². The number of aromatic nitrogens is 2. The lowest BCUT2D eigenvalue weighted by Gasteiger charge is -2.22. The Kier molecular flexibility index (Phi) is 6.65. The van der Waals surface area contributed by atoms with Crippen LogP contribution in [0.1, 0.15) is 17.8 Å². The van der Waals surface area contributed by atoms with Crippen molar-refractivity contribution in [1.82, 2.24) is 18.4 Å². The van der Waals surface area contributed by atoms with Crippen LogP contribution in [0.3, 0.4) is 0 Å². The molecule has 1 aromatic heterocycles. The summed E-state index contributed by atoms with van der Waals surface area (Å²) in [6.45, 7) is 3.85. The van der Waals surface area contributed by atoms with E-state index in [1.807, 2.05) is 0 Å². The summed E-state index contributed by atoms with van der Waals surface area (Å²) in [7, 11) is -3.17. The summed E-state index contributed by atoms with van der Waals surface area (Å²) < 4.78 is 67.8. The maximum atomic E-state index is 13.3. The molecule has 0 N–H and O–H groups in total. The molecule has 0 bridgehead atoms. The third-order valence-corrected chi connectivity index (χ3v) is 9.51. The molecule has 2 aromatic rings. The van der Waals surface area contributed by atoms with E-state index in [0.717, 1.165) is 0 Å². The van der Waals surface area contributed by atoms with Crippen molar-refractivity contribution >= 4 is 20.0 Å². The smallest absolute Gasteiger partial charge is 0.246 e. The third kappa shape index (κ3) is 4.29. The molecule has 1 aromatic carbocycles. The van der Waals surface area contributed by atoms with Gasteiger partial charge in [-0.2, -0.15) is 13.7 Å². The molecule has 0 unspecified atom stereocenters. The van der Waals surface area contributed by atoms with E-state index in [-0.39, 0.29) is 41.7 Å². The Bertz CT molecular complexity index is 1170. The monoisotopic (exact) mass is 472 g/mol. The summed E-state index contributed by atoms with van der Waals surface area (Å²) in [6, 6.07) is 4.57. The molecule has 1 aliphatic heterocycles. The van der Waals surface area contributed by atoms with Crippen molar-refractivity contribution in [2.45, 2.75) is 30.1 Å². The second-order valence-electron chi connectivity index (χ2n) is 7.30. The van der Waals surface area contributed by atoms with E-state index in [0.29, 0.717) is 23.6 Å². The zero-order valence-electron chi connectivity index (χ0n) is 18.3. The zero-order chi connectivity index (χ0) is 23.0. The number of benzene rings is 1. The lowest BCUT2D eigenvalue weighted by Crippen LogP contribution is -2.37. The van der Waals surface area contributed by atoms with Gasteiger partial charge < -0.3 is 9.47 Å². The van der Waals surface area contributed by atoms with Gasteiger partial charge in [-0.25, -0.2) is 16.8 Å². The Hall–Kier alpha value is -2.15. The van der Waals surface area contributed by atoms with E-state index in [1.165, 1.54) is 39.6 Å². The number of nitrogens with zero attached hydrogens (tertiary/aromatic N) is 4. The zero-order valence-corrected chi connectivity index (χ0v) is 20.0. The molecule has 0 spiro atoms. The second kappa shape index (κ2) is 8.77. The molecule has 3 rings (SSSR count). The number of sulfonamides is 2. The van der Waals surface area contributed by atoms with E-state index in [1.54, 1.807) is 27.0 Å². The molecule has 0 aliphatic carbocycles. The van der Waals surface area contributed by atoms with Crippen LogP contribution in [-0.4, -0.2) is 75.6 Å². The summed E-state index contributed by atoms with van der Waals surface area (Å²) >= 11 is 0. The Balaban J connectivity index is 1.89. The average Bonchev–Trinajstić information content (AvgIpc) is 2.91. The predicted octanol–water partition coefficient (Wildman–Crippen LogP) is 1.14. The number of aryl methyl sites for hydroxylation is 2. The molecule has 0 radical (unpaired) electrons. The maximum absolute atomic E-state index is 13.3. The second-order valence-corrected chi connectivity index (χ2v) is 11.1. The highest BCUT2D eigenvalue weighted by Gasteiger charge is 2.35. The maximum Gasteiger partial charge on any atom is 0.246 e. The average molecular weight is 473 g/mol. The van der Waals surface area contributed by atoms with Gasteiger partial charge in [0.05, 0.1) is 25.6 Å². The highest BCUT2D eigenvalue weighted by Crippen LogP contribution is 2.31. The van der Waals surface area contributed by atoms with Crippen LogP contribution in [0, 0.1) is 13.8 Å². The first-order valence-corrected chi connectivity index (χ1v) is 12.6. The number of rotatable bonds is 6. The number of methoxy groups -OCH3 is 2. The molecule has 0 saturated carbocycles. The molecular formula is C19H28N4O6S2. The molecule has 0 amide bonds. The first kappa shape index (κ1) is 23.5. The fourth-order valence-electron chi connectivity index (χ4n) is 3.73. The van der Waals surface area contributed by atoms with Crippen LogP contribution in [0.4, 0.5) is 0 Å². The highest BCUT2D eigenvalue weighted by molar-refractivity contribution is 7.89. The van der Waals surface area contributed by atoms with Gasteiger partial charge in [-0.15, -0.1) is 0 Å². The normalized spacial score (nSPS) is 16.8. The van der Waals surface area contributed by atoms with Crippen molar-refractivity contribution in [3.63, 3.8) is 0 Å². The Morgan fingerprint density at radius 3 is 2.03 bits per heavy atom. The van der Waals surface area contributed by atoms with Crippen molar-refractivity contribution in [3.05, 3.63) is 29.6 Å². The van der Waals surface area contributed by atoms with E-state index < -0.39 is 20.0 Å². The van der Waals surface area contributed by atoms with Crippen LogP contribution in [0.5, 0.6) is 11.5 Å². The van der Waals surface area contributed by atoms with Crippen LogP contribution >= 0.6 is 0 Å². The summed E-state index contributed by atoms with van der Waals surface area (Å²) in [5.74, 6) is 0.595. The lowest BCUT2D eigenvalue weighted by molar-refractivity contribution is 0.382. The fraction of sp³-hybridized carbons (Fsp3) is 0.526. The molecule has 172 valence electrons. The molecule has 1 saturated heterocycles. The molecule has 10 nitrogen and oxygen atoms in total. The summed E-state index contributed by atoms with van der Waals surface area (Å²) in [5.41, 5.74) is 0.974. The van der Waals surface area contributed by atoms with Crippen LogP contribution in [0.2, 0.25) is 0 Å². The number of hydrogen-bond acceptors (Lipinski definition) is 7. The van der Waals surface area contributed by atoms with Gasteiger partial charge in [0.1, 0.15) is 21.3 Å². The van der Waals surface area contributed by atoms with E-state index >= 15 is 0 Å². The van der Waals surface area contributed by atoms with Gasteiger partial charge in [-0.05, 0) is 32.4 Å². The first-order chi connectivity index (χ1) is 14.5. The van der Waals surface area contributed by atoms with E-state index in [4.69, 9.17) is 9.47 Å². The molecule has 1 aliphatic rings. The summed E-state index contributed by atoms with van der Waals surface area (Å²) in [4.78, 5) is 0.172. The van der Waals surface area contributed by atoms with Gasteiger partial charge in [-0.1, -0.05) is 0 Å². The van der Waals surface area contributed by atoms with Crippen LogP contribution < -0.4 is 9.47 Å². The SMILES string of the molecule is COc1ccc(OC)c(S(=O)(=O)N2CCCN(S(=O)(=O)c3c(C)nn(C)c3C)CC2)c1. The highest BCUT2D eigenvalue weighted by atomic mass is 32.2. The Labute approximate surface area is 183 Å². The molecule has 0 atom stereocenters. The molecule has 31 heavy (non-hydrogen) atoms. The molecule has 1 fully saturated rings. The van der Waals surface area contributed by atoms with Gasteiger partial charge in [-0.3, -0.25) is 4.68 Å². The topological polar surface area (TPSA) is 111 Å². The summed E-state index contributed by atoms with van der Waals surface area (Å²) in [5, 5.41) is 4.20. The van der Waals surface area contributed by atoms with E-state index in [9.17, 15) is 16.8 Å². The van der Waals surface area contributed by atoms with Crippen molar-refractivity contribution in [1.29, 1.82) is 0 Å².